The van der Waals surface area contributed by atoms with Gasteiger partial charge in [-0.15, -0.1) is 0 Å². The van der Waals surface area contributed by atoms with E-state index in [0.717, 1.165) is 17.1 Å². The van der Waals surface area contributed by atoms with Crippen LogP contribution in [0.25, 0.3) is 11.0 Å². The van der Waals surface area contributed by atoms with Gasteiger partial charge >= 0.3 is 5.97 Å². The number of rotatable bonds is 9. The minimum absolute atomic E-state index is 0.110. The molecule has 34 heavy (non-hydrogen) atoms. The molecule has 0 saturated heterocycles. The van der Waals surface area contributed by atoms with Gasteiger partial charge in [0.1, 0.15) is 0 Å². The normalized spacial score (nSPS) is 11.8. The van der Waals surface area contributed by atoms with Gasteiger partial charge in [-0.2, -0.15) is 0 Å². The molecule has 0 spiro atoms. The van der Waals surface area contributed by atoms with E-state index in [2.05, 4.69) is 10.3 Å². The molecule has 0 bridgehead atoms. The van der Waals surface area contributed by atoms with Gasteiger partial charge in [-0.05, 0) is 29.3 Å². The van der Waals surface area contributed by atoms with Crippen molar-refractivity contribution in [1.82, 2.24) is 9.55 Å². The Hall–Kier alpha value is -4.80. The SMILES string of the molecule is O=C(O)CC(c1ccccc1)n1cnc2cc(NCc3cc([N+](=O)[O-])cc([N+](=O)[O-])c3)ccc21. The van der Waals surface area contributed by atoms with Gasteiger partial charge in [-0.25, -0.2) is 4.98 Å². The minimum atomic E-state index is -0.931. The number of nitrogens with zero attached hydrogens (tertiary/aromatic N) is 4. The fourth-order valence-electron chi connectivity index (χ4n) is 3.78. The quantitative estimate of drug-likeness (QED) is 0.272. The van der Waals surface area contributed by atoms with Gasteiger partial charge < -0.3 is 15.0 Å². The summed E-state index contributed by atoms with van der Waals surface area (Å²) in [4.78, 5) is 36.7. The fourth-order valence-corrected chi connectivity index (χ4v) is 3.78. The van der Waals surface area contributed by atoms with Crippen molar-refractivity contribution in [1.29, 1.82) is 0 Å². The van der Waals surface area contributed by atoms with Crippen LogP contribution in [0.15, 0.2) is 73.1 Å². The molecule has 0 saturated carbocycles. The number of hydrogen-bond donors (Lipinski definition) is 2. The number of anilines is 1. The van der Waals surface area contributed by atoms with Crippen LogP contribution in [0.3, 0.4) is 0 Å². The molecule has 0 aliphatic heterocycles. The number of aromatic nitrogens is 2. The Morgan fingerprint density at radius 2 is 1.68 bits per heavy atom. The summed E-state index contributed by atoms with van der Waals surface area (Å²) in [5, 5.41) is 34.7. The molecule has 4 aromatic rings. The zero-order valence-corrected chi connectivity index (χ0v) is 17.7. The van der Waals surface area contributed by atoms with E-state index in [-0.39, 0.29) is 24.3 Å². The summed E-state index contributed by atoms with van der Waals surface area (Å²) in [6.45, 7) is 0.125. The number of nitro benzene ring substituents is 2. The molecule has 3 aromatic carbocycles. The number of imidazole rings is 1. The van der Waals surface area contributed by atoms with Crippen molar-refractivity contribution in [2.45, 2.75) is 19.0 Å². The average molecular weight is 461 g/mol. The summed E-state index contributed by atoms with van der Waals surface area (Å²) in [7, 11) is 0. The van der Waals surface area contributed by atoms with Gasteiger partial charge in [0.2, 0.25) is 0 Å². The molecule has 11 nitrogen and oxygen atoms in total. The van der Waals surface area contributed by atoms with Crippen molar-refractivity contribution < 1.29 is 19.7 Å². The summed E-state index contributed by atoms with van der Waals surface area (Å²) < 4.78 is 1.81. The van der Waals surface area contributed by atoms with Crippen molar-refractivity contribution in [2.24, 2.45) is 0 Å². The highest BCUT2D eigenvalue weighted by molar-refractivity contribution is 5.80. The molecule has 0 aliphatic rings. The molecule has 0 fully saturated rings. The second-order valence-corrected chi connectivity index (χ2v) is 7.61. The van der Waals surface area contributed by atoms with Crippen LogP contribution in [-0.4, -0.2) is 30.5 Å². The lowest BCUT2D eigenvalue weighted by Gasteiger charge is -2.18. The third-order valence-corrected chi connectivity index (χ3v) is 5.34. The second-order valence-electron chi connectivity index (χ2n) is 7.61. The van der Waals surface area contributed by atoms with E-state index in [1.807, 2.05) is 34.9 Å². The predicted molar refractivity (Wildman–Crippen MR) is 124 cm³/mol. The lowest BCUT2D eigenvalue weighted by Crippen LogP contribution is -2.14. The standard InChI is InChI=1S/C23H19N5O6/c29-23(30)12-22(16-4-2-1-3-5-16)26-14-25-20-10-17(6-7-21(20)26)24-13-15-8-18(27(31)32)11-19(9-15)28(33)34/h1-11,14,22,24H,12-13H2,(H,29,30). The maximum Gasteiger partial charge on any atom is 0.305 e. The highest BCUT2D eigenvalue weighted by Crippen LogP contribution is 2.28. The molecule has 11 heteroatoms. The first-order valence-corrected chi connectivity index (χ1v) is 10.2. The first-order valence-electron chi connectivity index (χ1n) is 10.2. The highest BCUT2D eigenvalue weighted by atomic mass is 16.6. The molecule has 1 unspecified atom stereocenters. The first-order chi connectivity index (χ1) is 16.3. The summed E-state index contributed by atoms with van der Waals surface area (Å²) in [5.41, 5.74) is 2.54. The zero-order chi connectivity index (χ0) is 24.2. The predicted octanol–water partition coefficient (Wildman–Crippen LogP) is 4.53. The van der Waals surface area contributed by atoms with Crippen LogP contribution >= 0.6 is 0 Å². The molecular formula is C23H19N5O6. The molecule has 0 radical (unpaired) electrons. The summed E-state index contributed by atoms with van der Waals surface area (Å²) in [6.07, 6.45) is 1.49. The van der Waals surface area contributed by atoms with Crippen molar-refractivity contribution in [3.63, 3.8) is 0 Å². The number of nitro groups is 2. The van der Waals surface area contributed by atoms with E-state index < -0.39 is 21.9 Å². The maximum atomic E-state index is 11.5. The molecule has 2 N–H and O–H groups in total. The molecule has 1 heterocycles. The van der Waals surface area contributed by atoms with E-state index in [4.69, 9.17) is 0 Å². The molecule has 172 valence electrons. The van der Waals surface area contributed by atoms with Gasteiger partial charge in [0.05, 0.1) is 45.7 Å². The van der Waals surface area contributed by atoms with Crippen LogP contribution in [0.4, 0.5) is 17.1 Å². The third-order valence-electron chi connectivity index (χ3n) is 5.34. The van der Waals surface area contributed by atoms with E-state index in [0.29, 0.717) is 16.8 Å². The number of nitrogens with one attached hydrogen (secondary N) is 1. The maximum absolute atomic E-state index is 11.5. The van der Waals surface area contributed by atoms with Gasteiger partial charge in [0.15, 0.2) is 0 Å². The summed E-state index contributed by atoms with van der Waals surface area (Å²) in [6, 6.07) is 17.7. The van der Waals surface area contributed by atoms with Crippen LogP contribution in [0, 0.1) is 20.2 Å². The first kappa shape index (κ1) is 22.4. The van der Waals surface area contributed by atoms with Crippen LogP contribution in [0.1, 0.15) is 23.6 Å². The van der Waals surface area contributed by atoms with Gasteiger partial charge in [-0.1, -0.05) is 30.3 Å². The number of carboxylic acids is 1. The number of carboxylic acid groups (broad SMARTS) is 1. The van der Waals surface area contributed by atoms with Crippen LogP contribution in [-0.2, 0) is 11.3 Å². The molecule has 1 atom stereocenters. The van der Waals surface area contributed by atoms with Gasteiger partial charge in [0, 0.05) is 24.4 Å². The van der Waals surface area contributed by atoms with Crippen molar-refractivity contribution in [3.8, 4) is 0 Å². The van der Waals surface area contributed by atoms with E-state index >= 15 is 0 Å². The van der Waals surface area contributed by atoms with E-state index in [9.17, 15) is 30.1 Å². The lowest BCUT2D eigenvalue weighted by atomic mass is 10.0. The number of aliphatic carboxylic acids is 1. The number of fused-ring (bicyclic) bond motifs is 1. The Labute approximate surface area is 192 Å². The van der Waals surface area contributed by atoms with Crippen molar-refractivity contribution in [3.05, 3.63) is 104 Å². The number of benzene rings is 3. The molecular weight excluding hydrogens is 442 g/mol. The highest BCUT2D eigenvalue weighted by Gasteiger charge is 2.20. The lowest BCUT2D eigenvalue weighted by molar-refractivity contribution is -0.394. The second kappa shape index (κ2) is 9.36. The van der Waals surface area contributed by atoms with Gasteiger partial charge in [-0.3, -0.25) is 25.0 Å². The average Bonchev–Trinajstić information content (AvgIpc) is 3.24. The monoisotopic (exact) mass is 461 g/mol. The van der Waals surface area contributed by atoms with Crippen LogP contribution in [0.2, 0.25) is 0 Å². The Bertz CT molecular complexity index is 1350. The van der Waals surface area contributed by atoms with E-state index in [1.165, 1.54) is 12.1 Å². The van der Waals surface area contributed by atoms with Gasteiger partial charge in [0.25, 0.3) is 11.4 Å². The van der Waals surface area contributed by atoms with Crippen molar-refractivity contribution in [2.75, 3.05) is 5.32 Å². The summed E-state index contributed by atoms with van der Waals surface area (Å²) in [5.74, 6) is -0.931. The van der Waals surface area contributed by atoms with Crippen LogP contribution in [0.5, 0.6) is 0 Å². The number of non-ortho nitro benzene ring substituents is 2. The fraction of sp³-hybridized carbons (Fsp3) is 0.130. The zero-order valence-electron chi connectivity index (χ0n) is 17.7. The van der Waals surface area contributed by atoms with E-state index in [1.54, 1.807) is 24.5 Å². The largest absolute Gasteiger partial charge is 0.481 e. The molecule has 1 aromatic heterocycles. The minimum Gasteiger partial charge on any atom is -0.481 e. The Morgan fingerprint density at radius 3 is 2.29 bits per heavy atom. The third kappa shape index (κ3) is 4.83. The number of carbonyl (C=O) groups is 1. The molecule has 0 aliphatic carbocycles. The topological polar surface area (TPSA) is 153 Å². The Balaban J connectivity index is 1.60. The Morgan fingerprint density at radius 1 is 1.00 bits per heavy atom. The number of hydrogen-bond acceptors (Lipinski definition) is 7. The van der Waals surface area contributed by atoms with Crippen molar-refractivity contribution >= 4 is 34.1 Å². The smallest absolute Gasteiger partial charge is 0.305 e. The Kier molecular flexibility index (Phi) is 6.17. The summed E-state index contributed by atoms with van der Waals surface area (Å²) >= 11 is 0. The molecule has 0 amide bonds. The van der Waals surface area contributed by atoms with Crippen LogP contribution < -0.4 is 5.32 Å². The molecule has 4 rings (SSSR count).